The second-order valence-corrected chi connectivity index (χ2v) is 6.35. The van der Waals surface area contributed by atoms with E-state index < -0.39 is 0 Å². The maximum atomic E-state index is 11.7. The number of carbonyl (C=O) groups is 1. The molecule has 0 unspecified atom stereocenters. The van der Waals surface area contributed by atoms with E-state index in [1.54, 1.807) is 6.92 Å². The Kier molecular flexibility index (Phi) is 3.90. The highest BCUT2D eigenvalue weighted by Gasteiger charge is 2.29. The Labute approximate surface area is 131 Å². The first kappa shape index (κ1) is 15.0. The van der Waals surface area contributed by atoms with E-state index in [4.69, 9.17) is 10.7 Å². The summed E-state index contributed by atoms with van der Waals surface area (Å²) in [7, 11) is 3.87. The van der Waals surface area contributed by atoms with Crippen LogP contribution in [0.1, 0.15) is 24.6 Å². The monoisotopic (exact) mass is 304 g/mol. The average molecular weight is 304 g/mol. The Bertz CT molecular complexity index is 588. The van der Waals surface area contributed by atoms with Crippen LogP contribution in [0.3, 0.4) is 0 Å². The molecule has 1 saturated heterocycles. The van der Waals surface area contributed by atoms with Crippen LogP contribution in [0.4, 0.5) is 11.8 Å². The third-order valence-electron chi connectivity index (χ3n) is 4.40. The summed E-state index contributed by atoms with van der Waals surface area (Å²) in [6.45, 7) is 4.70. The van der Waals surface area contributed by atoms with Gasteiger partial charge in [-0.3, -0.25) is 4.79 Å². The zero-order valence-corrected chi connectivity index (χ0v) is 13.5. The van der Waals surface area contributed by atoms with Gasteiger partial charge in [-0.1, -0.05) is 0 Å². The summed E-state index contributed by atoms with van der Waals surface area (Å²) < 4.78 is 0. The Hall–Kier alpha value is -1.89. The number of nitrogens with two attached hydrogens (primary N) is 1. The molecule has 1 aromatic heterocycles. The number of aromatic nitrogens is 2. The number of rotatable bonds is 2. The molecule has 1 amide bonds. The van der Waals surface area contributed by atoms with Crippen LogP contribution in [0.5, 0.6) is 0 Å². The van der Waals surface area contributed by atoms with Gasteiger partial charge in [0.1, 0.15) is 5.82 Å². The lowest BCUT2D eigenvalue weighted by Crippen LogP contribution is -2.37. The van der Waals surface area contributed by atoms with E-state index in [0.29, 0.717) is 12.5 Å². The summed E-state index contributed by atoms with van der Waals surface area (Å²) in [6.07, 6.45) is 1.80. The molecule has 2 aliphatic rings. The maximum absolute atomic E-state index is 11.7. The van der Waals surface area contributed by atoms with Crippen molar-refractivity contribution in [3.05, 3.63) is 11.3 Å². The fraction of sp³-hybridized carbons (Fsp3) is 0.667. The van der Waals surface area contributed by atoms with Gasteiger partial charge < -0.3 is 20.4 Å². The van der Waals surface area contributed by atoms with E-state index in [0.717, 1.165) is 44.0 Å². The van der Waals surface area contributed by atoms with E-state index in [9.17, 15) is 4.79 Å². The Morgan fingerprint density at radius 3 is 2.68 bits per heavy atom. The fourth-order valence-electron chi connectivity index (χ4n) is 3.11. The van der Waals surface area contributed by atoms with E-state index in [1.807, 2.05) is 23.9 Å². The van der Waals surface area contributed by atoms with Gasteiger partial charge in [0, 0.05) is 52.3 Å². The van der Waals surface area contributed by atoms with Crippen molar-refractivity contribution in [3.63, 3.8) is 0 Å². The first-order chi connectivity index (χ1) is 10.5. The van der Waals surface area contributed by atoms with Gasteiger partial charge in [-0.15, -0.1) is 0 Å². The number of hydrogen-bond donors (Lipinski definition) is 1. The largest absolute Gasteiger partial charge is 0.355 e. The quantitative estimate of drug-likeness (QED) is 0.827. The number of carbonyl (C=O) groups excluding carboxylic acids is 1. The Morgan fingerprint density at radius 1 is 1.32 bits per heavy atom. The molecule has 0 aromatic carbocycles. The molecule has 1 aromatic rings. The number of hydrogen-bond acceptors (Lipinski definition) is 6. The predicted octanol–water partition coefficient (Wildman–Crippen LogP) is -0.0154. The van der Waals surface area contributed by atoms with Gasteiger partial charge in [-0.25, -0.2) is 4.98 Å². The van der Waals surface area contributed by atoms with Crippen molar-refractivity contribution in [3.8, 4) is 0 Å². The zero-order valence-electron chi connectivity index (χ0n) is 13.5. The number of amides is 1. The van der Waals surface area contributed by atoms with Gasteiger partial charge in [0.05, 0.1) is 12.2 Å². The lowest BCUT2D eigenvalue weighted by atomic mass is 10.0. The third kappa shape index (κ3) is 2.72. The minimum absolute atomic E-state index is 0.0976. The molecule has 3 rings (SSSR count). The number of nitrogens with zero attached hydrogens (tertiary/aromatic N) is 5. The molecule has 3 heterocycles. The predicted molar refractivity (Wildman–Crippen MR) is 86.0 cm³/mol. The molecular formula is C15H24N6O. The standard InChI is InChI=1S/C15H24N6O/c1-10(22)20-7-5-12-13(9-20)17-15(19(2)3)18-14(12)21-6-4-11(16)8-21/h11H,4-9,16H2,1-3H3/t11-/m0/s1. The molecule has 22 heavy (non-hydrogen) atoms. The smallest absolute Gasteiger partial charge is 0.227 e. The van der Waals surface area contributed by atoms with Crippen molar-refractivity contribution < 1.29 is 4.79 Å². The van der Waals surface area contributed by atoms with Crippen LogP contribution in [0.25, 0.3) is 0 Å². The van der Waals surface area contributed by atoms with Crippen LogP contribution < -0.4 is 15.5 Å². The van der Waals surface area contributed by atoms with E-state index in [2.05, 4.69) is 9.88 Å². The zero-order chi connectivity index (χ0) is 15.9. The highest BCUT2D eigenvalue weighted by Crippen LogP contribution is 2.30. The molecular weight excluding hydrogens is 280 g/mol. The minimum Gasteiger partial charge on any atom is -0.355 e. The van der Waals surface area contributed by atoms with Gasteiger partial charge in [0.25, 0.3) is 0 Å². The molecule has 0 bridgehead atoms. The number of anilines is 2. The number of fused-ring (bicyclic) bond motifs is 1. The first-order valence-electron chi connectivity index (χ1n) is 7.79. The van der Waals surface area contributed by atoms with Crippen LogP contribution in [-0.2, 0) is 17.8 Å². The molecule has 2 N–H and O–H groups in total. The van der Waals surface area contributed by atoms with E-state index >= 15 is 0 Å². The maximum Gasteiger partial charge on any atom is 0.227 e. The van der Waals surface area contributed by atoms with E-state index in [-0.39, 0.29) is 11.9 Å². The van der Waals surface area contributed by atoms with E-state index in [1.165, 1.54) is 5.56 Å². The van der Waals surface area contributed by atoms with Gasteiger partial charge in [0.2, 0.25) is 11.9 Å². The lowest BCUT2D eigenvalue weighted by molar-refractivity contribution is -0.129. The molecule has 7 nitrogen and oxygen atoms in total. The normalized spacial score (nSPS) is 21.0. The molecule has 1 fully saturated rings. The van der Waals surface area contributed by atoms with Gasteiger partial charge >= 0.3 is 0 Å². The third-order valence-corrected chi connectivity index (χ3v) is 4.40. The fourth-order valence-corrected chi connectivity index (χ4v) is 3.11. The second kappa shape index (κ2) is 5.72. The summed E-state index contributed by atoms with van der Waals surface area (Å²) in [5.74, 6) is 1.80. The Morgan fingerprint density at radius 2 is 2.09 bits per heavy atom. The molecule has 0 spiro atoms. The molecule has 0 saturated carbocycles. The molecule has 0 radical (unpaired) electrons. The lowest BCUT2D eigenvalue weighted by Gasteiger charge is -2.31. The van der Waals surface area contributed by atoms with Crippen molar-refractivity contribution in [2.24, 2.45) is 5.73 Å². The van der Waals surface area contributed by atoms with Crippen molar-refractivity contribution in [2.75, 3.05) is 43.5 Å². The summed E-state index contributed by atoms with van der Waals surface area (Å²) in [6, 6.07) is 0.214. The van der Waals surface area contributed by atoms with Crippen molar-refractivity contribution in [1.82, 2.24) is 14.9 Å². The van der Waals surface area contributed by atoms with Crippen LogP contribution in [-0.4, -0.2) is 60.5 Å². The van der Waals surface area contributed by atoms with Crippen molar-refractivity contribution >= 4 is 17.7 Å². The van der Waals surface area contributed by atoms with Crippen LogP contribution in [0.15, 0.2) is 0 Å². The topological polar surface area (TPSA) is 78.6 Å². The molecule has 7 heteroatoms. The molecule has 0 aliphatic carbocycles. The minimum atomic E-state index is 0.0976. The summed E-state index contributed by atoms with van der Waals surface area (Å²) in [5.41, 5.74) is 8.20. The van der Waals surface area contributed by atoms with Crippen LogP contribution in [0.2, 0.25) is 0 Å². The van der Waals surface area contributed by atoms with Crippen molar-refractivity contribution in [1.29, 1.82) is 0 Å². The van der Waals surface area contributed by atoms with Gasteiger partial charge in [-0.2, -0.15) is 4.98 Å². The molecule has 120 valence electrons. The van der Waals surface area contributed by atoms with Gasteiger partial charge in [0.15, 0.2) is 0 Å². The summed E-state index contributed by atoms with van der Waals surface area (Å²) in [5, 5.41) is 0. The molecule has 1 atom stereocenters. The average Bonchev–Trinajstić information content (AvgIpc) is 2.91. The summed E-state index contributed by atoms with van der Waals surface area (Å²) in [4.78, 5) is 27.1. The first-order valence-corrected chi connectivity index (χ1v) is 7.79. The van der Waals surface area contributed by atoms with Gasteiger partial charge in [-0.05, 0) is 12.8 Å². The highest BCUT2D eigenvalue weighted by atomic mass is 16.2. The van der Waals surface area contributed by atoms with Crippen LogP contribution in [0, 0.1) is 0 Å². The summed E-state index contributed by atoms with van der Waals surface area (Å²) >= 11 is 0. The van der Waals surface area contributed by atoms with Crippen molar-refractivity contribution in [2.45, 2.75) is 32.4 Å². The SMILES string of the molecule is CC(=O)N1CCc2c(nc(N(C)C)nc2N2CC[C@H](N)C2)C1. The van der Waals surface area contributed by atoms with Crippen LogP contribution >= 0.6 is 0 Å². The highest BCUT2D eigenvalue weighted by molar-refractivity contribution is 5.73. The second-order valence-electron chi connectivity index (χ2n) is 6.35. The Balaban J connectivity index is 2.00. The molecule has 2 aliphatic heterocycles.